The van der Waals surface area contributed by atoms with Gasteiger partial charge in [0.1, 0.15) is 5.82 Å². The van der Waals surface area contributed by atoms with Gasteiger partial charge >= 0.3 is 0 Å². The van der Waals surface area contributed by atoms with Gasteiger partial charge in [0.05, 0.1) is 5.52 Å². The van der Waals surface area contributed by atoms with Gasteiger partial charge in [0.25, 0.3) is 0 Å². The highest BCUT2D eigenvalue weighted by atomic mass is 35.5. The molecular formula is C16H15ClN4. The molecule has 4 nitrogen and oxygen atoms in total. The molecule has 3 aromatic rings. The Bertz CT molecular complexity index is 801. The maximum absolute atomic E-state index is 6.14. The summed E-state index contributed by atoms with van der Waals surface area (Å²) in [5.74, 6) is 1.34. The number of hydrogen-bond acceptors (Lipinski definition) is 4. The van der Waals surface area contributed by atoms with Crippen LogP contribution in [0.2, 0.25) is 5.02 Å². The van der Waals surface area contributed by atoms with Crippen LogP contribution in [0, 0.1) is 6.92 Å². The Labute approximate surface area is 128 Å². The minimum absolute atomic E-state index is 0.545. The fourth-order valence-corrected chi connectivity index (χ4v) is 2.36. The molecule has 0 spiro atoms. The van der Waals surface area contributed by atoms with Crippen LogP contribution in [0.15, 0.2) is 42.5 Å². The summed E-state index contributed by atoms with van der Waals surface area (Å²) < 4.78 is 0. The van der Waals surface area contributed by atoms with E-state index in [2.05, 4.69) is 20.6 Å². The lowest BCUT2D eigenvalue weighted by Crippen LogP contribution is -2.03. The highest BCUT2D eigenvalue weighted by Crippen LogP contribution is 2.27. The second-order valence-electron chi connectivity index (χ2n) is 4.70. The molecule has 2 aromatic carbocycles. The molecule has 0 atom stereocenters. The van der Waals surface area contributed by atoms with Gasteiger partial charge in [0, 0.05) is 23.1 Å². The molecule has 0 saturated heterocycles. The number of halogens is 1. The van der Waals surface area contributed by atoms with Gasteiger partial charge in [-0.25, -0.2) is 4.98 Å². The third-order valence-corrected chi connectivity index (χ3v) is 3.76. The minimum Gasteiger partial charge on any atom is -0.372 e. The molecule has 0 saturated carbocycles. The predicted octanol–water partition coefficient (Wildman–Crippen LogP) is 4.38. The lowest BCUT2D eigenvalue weighted by Gasteiger charge is -2.12. The van der Waals surface area contributed by atoms with Crippen LogP contribution >= 0.6 is 11.6 Å². The van der Waals surface area contributed by atoms with E-state index in [1.165, 1.54) is 0 Å². The van der Waals surface area contributed by atoms with Crippen molar-refractivity contribution in [3.05, 3.63) is 53.1 Å². The number of rotatable bonds is 3. The molecule has 0 radical (unpaired) electrons. The molecule has 0 aliphatic carbocycles. The summed E-state index contributed by atoms with van der Waals surface area (Å²) in [6, 6.07) is 13.6. The van der Waals surface area contributed by atoms with Crippen LogP contribution in [0.4, 0.5) is 17.5 Å². The summed E-state index contributed by atoms with van der Waals surface area (Å²) in [7, 11) is 1.85. The van der Waals surface area contributed by atoms with Crippen molar-refractivity contribution >= 4 is 40.0 Å². The molecule has 1 aromatic heterocycles. The summed E-state index contributed by atoms with van der Waals surface area (Å²) in [5.41, 5.74) is 2.76. The highest BCUT2D eigenvalue weighted by molar-refractivity contribution is 6.31. The standard InChI is InChI=1S/C16H15ClN4/c1-10-12(17)7-5-9-13(10)19-16-20-14-8-4-3-6-11(14)15(18-2)21-16/h3-9H,1-2H3,(H2,18,19,20,21). The fraction of sp³-hybridized carbons (Fsp3) is 0.125. The first-order valence-electron chi connectivity index (χ1n) is 6.65. The maximum atomic E-state index is 6.14. The van der Waals surface area contributed by atoms with Crippen molar-refractivity contribution in [3.8, 4) is 0 Å². The summed E-state index contributed by atoms with van der Waals surface area (Å²) in [5, 5.41) is 8.05. The second kappa shape index (κ2) is 5.58. The zero-order valence-electron chi connectivity index (χ0n) is 11.8. The van der Waals surface area contributed by atoms with Crippen molar-refractivity contribution < 1.29 is 0 Å². The lowest BCUT2D eigenvalue weighted by molar-refractivity contribution is 1.20. The number of benzene rings is 2. The Kier molecular flexibility index (Phi) is 3.62. The van der Waals surface area contributed by atoms with Gasteiger partial charge in [-0.15, -0.1) is 0 Å². The highest BCUT2D eigenvalue weighted by Gasteiger charge is 2.08. The third kappa shape index (κ3) is 2.62. The van der Waals surface area contributed by atoms with Gasteiger partial charge in [0.15, 0.2) is 0 Å². The smallest absolute Gasteiger partial charge is 0.229 e. The molecule has 5 heteroatoms. The number of nitrogens with zero attached hydrogens (tertiary/aromatic N) is 2. The molecule has 0 bridgehead atoms. The quantitative estimate of drug-likeness (QED) is 0.753. The van der Waals surface area contributed by atoms with Crippen LogP contribution in [0.25, 0.3) is 10.9 Å². The normalized spacial score (nSPS) is 10.6. The Balaban J connectivity index is 2.07. The van der Waals surface area contributed by atoms with Gasteiger partial charge in [-0.3, -0.25) is 0 Å². The van der Waals surface area contributed by atoms with E-state index in [9.17, 15) is 0 Å². The Morgan fingerprint density at radius 2 is 1.81 bits per heavy atom. The second-order valence-corrected chi connectivity index (χ2v) is 5.11. The molecule has 1 heterocycles. The van der Waals surface area contributed by atoms with Gasteiger partial charge in [-0.1, -0.05) is 29.8 Å². The summed E-state index contributed by atoms with van der Waals surface area (Å²) in [6.45, 7) is 1.96. The minimum atomic E-state index is 0.545. The number of aromatic nitrogens is 2. The fourth-order valence-electron chi connectivity index (χ4n) is 2.19. The van der Waals surface area contributed by atoms with Crippen molar-refractivity contribution in [2.24, 2.45) is 0 Å². The van der Waals surface area contributed by atoms with E-state index in [1.807, 2.05) is 56.4 Å². The predicted molar refractivity (Wildman–Crippen MR) is 88.6 cm³/mol. The van der Waals surface area contributed by atoms with E-state index in [1.54, 1.807) is 0 Å². The van der Waals surface area contributed by atoms with Crippen molar-refractivity contribution in [1.29, 1.82) is 0 Å². The molecule has 0 aliphatic heterocycles. The summed E-state index contributed by atoms with van der Waals surface area (Å²) in [6.07, 6.45) is 0. The summed E-state index contributed by atoms with van der Waals surface area (Å²) in [4.78, 5) is 9.05. The summed E-state index contributed by atoms with van der Waals surface area (Å²) >= 11 is 6.14. The molecule has 2 N–H and O–H groups in total. The zero-order chi connectivity index (χ0) is 14.8. The van der Waals surface area contributed by atoms with Crippen molar-refractivity contribution in [3.63, 3.8) is 0 Å². The Morgan fingerprint density at radius 1 is 1.00 bits per heavy atom. The van der Waals surface area contributed by atoms with E-state index in [0.29, 0.717) is 5.95 Å². The number of fused-ring (bicyclic) bond motifs is 1. The monoisotopic (exact) mass is 298 g/mol. The number of anilines is 3. The molecule has 0 unspecified atom stereocenters. The molecule has 0 fully saturated rings. The Morgan fingerprint density at radius 3 is 2.62 bits per heavy atom. The largest absolute Gasteiger partial charge is 0.372 e. The molecule has 21 heavy (non-hydrogen) atoms. The number of nitrogens with one attached hydrogen (secondary N) is 2. The number of para-hydroxylation sites is 1. The SMILES string of the molecule is CNc1nc(Nc2cccc(Cl)c2C)nc2ccccc12. The number of hydrogen-bond donors (Lipinski definition) is 2. The average Bonchev–Trinajstić information content (AvgIpc) is 2.51. The van der Waals surface area contributed by atoms with Gasteiger partial charge in [-0.2, -0.15) is 4.98 Å². The van der Waals surface area contributed by atoms with E-state index in [-0.39, 0.29) is 0 Å². The van der Waals surface area contributed by atoms with Gasteiger partial charge < -0.3 is 10.6 Å². The molecule has 0 aliphatic rings. The van der Waals surface area contributed by atoms with E-state index >= 15 is 0 Å². The average molecular weight is 299 g/mol. The van der Waals surface area contributed by atoms with Crippen molar-refractivity contribution in [2.75, 3.05) is 17.7 Å². The van der Waals surface area contributed by atoms with Gasteiger partial charge in [-0.05, 0) is 36.8 Å². The maximum Gasteiger partial charge on any atom is 0.229 e. The van der Waals surface area contributed by atoms with Crippen LogP contribution in [0.1, 0.15) is 5.56 Å². The molecule has 3 rings (SSSR count). The van der Waals surface area contributed by atoms with Crippen LogP contribution in [0.5, 0.6) is 0 Å². The molecule has 0 amide bonds. The third-order valence-electron chi connectivity index (χ3n) is 3.35. The Hall–Kier alpha value is -2.33. The first-order valence-corrected chi connectivity index (χ1v) is 7.03. The van der Waals surface area contributed by atoms with Gasteiger partial charge in [0.2, 0.25) is 5.95 Å². The first kappa shape index (κ1) is 13.6. The van der Waals surface area contributed by atoms with Crippen LogP contribution in [-0.4, -0.2) is 17.0 Å². The zero-order valence-corrected chi connectivity index (χ0v) is 12.6. The molecular weight excluding hydrogens is 284 g/mol. The topological polar surface area (TPSA) is 49.8 Å². The lowest BCUT2D eigenvalue weighted by atomic mass is 10.2. The van der Waals surface area contributed by atoms with Crippen LogP contribution < -0.4 is 10.6 Å². The van der Waals surface area contributed by atoms with E-state index < -0.39 is 0 Å². The van der Waals surface area contributed by atoms with Crippen LogP contribution in [0.3, 0.4) is 0 Å². The van der Waals surface area contributed by atoms with E-state index in [4.69, 9.17) is 11.6 Å². The van der Waals surface area contributed by atoms with Crippen LogP contribution in [-0.2, 0) is 0 Å². The van der Waals surface area contributed by atoms with Crippen molar-refractivity contribution in [2.45, 2.75) is 6.92 Å². The van der Waals surface area contributed by atoms with Crippen molar-refractivity contribution in [1.82, 2.24) is 9.97 Å². The molecule has 106 valence electrons. The first-order chi connectivity index (χ1) is 10.2. The van der Waals surface area contributed by atoms with E-state index in [0.717, 1.165) is 33.0 Å².